The molecule has 128 valence electrons. The van der Waals surface area contributed by atoms with Crippen LogP contribution in [0.1, 0.15) is 33.1 Å². The Morgan fingerprint density at radius 1 is 0.833 bits per heavy atom. The zero-order chi connectivity index (χ0) is 17.2. The van der Waals surface area contributed by atoms with Crippen LogP contribution >= 0.6 is 0 Å². The molecule has 0 aliphatic rings. The summed E-state index contributed by atoms with van der Waals surface area (Å²) in [5.41, 5.74) is 1.04. The molecule has 0 atom stereocenters. The molecule has 5 nitrogen and oxygen atoms in total. The fourth-order valence-corrected chi connectivity index (χ4v) is 2.00. The van der Waals surface area contributed by atoms with Crippen molar-refractivity contribution < 1.29 is 14.3 Å². The van der Waals surface area contributed by atoms with E-state index < -0.39 is 0 Å². The third kappa shape index (κ3) is 5.57. The SMILES string of the molecule is CCCCOc1ccc(N=[N+]([O-])c2ccc(OCCC)cc2)cc1. The predicted molar refractivity (Wildman–Crippen MR) is 94.4 cm³/mol. The van der Waals surface area contributed by atoms with Crippen LogP contribution in [0.4, 0.5) is 11.4 Å². The highest BCUT2D eigenvalue weighted by Crippen LogP contribution is 2.22. The maximum absolute atomic E-state index is 12.1. The molecular formula is C19H24N2O3. The number of hydrogen-bond acceptors (Lipinski definition) is 4. The van der Waals surface area contributed by atoms with Crippen molar-refractivity contribution in [3.8, 4) is 11.5 Å². The van der Waals surface area contributed by atoms with Gasteiger partial charge in [-0.25, -0.2) is 0 Å². The molecule has 0 unspecified atom stereocenters. The number of ether oxygens (including phenoxy) is 2. The molecule has 24 heavy (non-hydrogen) atoms. The summed E-state index contributed by atoms with van der Waals surface area (Å²) in [6.07, 6.45) is 3.07. The number of unbranched alkanes of at least 4 members (excludes halogenated alkanes) is 1. The summed E-state index contributed by atoms with van der Waals surface area (Å²) in [7, 11) is 0. The van der Waals surface area contributed by atoms with Crippen molar-refractivity contribution >= 4 is 11.4 Å². The molecular weight excluding hydrogens is 304 g/mol. The molecule has 0 fully saturated rings. The number of hydrogen-bond donors (Lipinski definition) is 0. The number of nitrogens with zero attached hydrogens (tertiary/aromatic N) is 2. The average Bonchev–Trinajstić information content (AvgIpc) is 2.62. The molecule has 0 aromatic heterocycles. The minimum absolute atomic E-state index is 0.460. The Bertz CT molecular complexity index is 637. The summed E-state index contributed by atoms with van der Waals surface area (Å²) in [5.74, 6) is 1.54. The molecule has 0 spiro atoms. The number of rotatable bonds is 9. The molecule has 5 heteroatoms. The smallest absolute Gasteiger partial charge is 0.245 e. The third-order valence-electron chi connectivity index (χ3n) is 3.34. The van der Waals surface area contributed by atoms with Crippen LogP contribution in [-0.2, 0) is 0 Å². The van der Waals surface area contributed by atoms with Crippen molar-refractivity contribution in [2.75, 3.05) is 13.2 Å². The van der Waals surface area contributed by atoms with Crippen LogP contribution in [0.3, 0.4) is 0 Å². The molecule has 0 aliphatic carbocycles. The molecule has 0 bridgehead atoms. The van der Waals surface area contributed by atoms with Crippen LogP contribution in [0.5, 0.6) is 11.5 Å². The minimum Gasteiger partial charge on any atom is -0.594 e. The summed E-state index contributed by atoms with van der Waals surface area (Å²) in [6.45, 7) is 5.54. The number of benzene rings is 2. The van der Waals surface area contributed by atoms with Crippen LogP contribution in [0.25, 0.3) is 0 Å². The lowest BCUT2D eigenvalue weighted by Gasteiger charge is -2.05. The summed E-state index contributed by atoms with van der Waals surface area (Å²) < 4.78 is 11.1. The molecule has 0 saturated carbocycles. The van der Waals surface area contributed by atoms with Crippen LogP contribution in [0.15, 0.2) is 53.6 Å². The van der Waals surface area contributed by atoms with Crippen molar-refractivity contribution in [3.05, 3.63) is 53.7 Å². The van der Waals surface area contributed by atoms with E-state index in [9.17, 15) is 5.21 Å². The lowest BCUT2D eigenvalue weighted by molar-refractivity contribution is -0.435. The molecule has 2 aromatic carbocycles. The van der Waals surface area contributed by atoms with Gasteiger partial charge in [-0.1, -0.05) is 25.1 Å². The first-order valence-corrected chi connectivity index (χ1v) is 8.37. The van der Waals surface area contributed by atoms with Gasteiger partial charge in [0.1, 0.15) is 17.2 Å². The van der Waals surface area contributed by atoms with Gasteiger partial charge in [0.25, 0.3) is 0 Å². The molecule has 2 aromatic rings. The van der Waals surface area contributed by atoms with Crippen molar-refractivity contribution in [1.29, 1.82) is 0 Å². The van der Waals surface area contributed by atoms with E-state index >= 15 is 0 Å². The van der Waals surface area contributed by atoms with Crippen molar-refractivity contribution in [1.82, 2.24) is 0 Å². The van der Waals surface area contributed by atoms with Gasteiger partial charge in [0, 0.05) is 17.2 Å². The van der Waals surface area contributed by atoms with Crippen molar-refractivity contribution in [3.63, 3.8) is 0 Å². The van der Waals surface area contributed by atoms with Gasteiger partial charge in [-0.05, 0) is 49.2 Å². The van der Waals surface area contributed by atoms with E-state index in [0.717, 1.165) is 30.8 Å². The first-order chi connectivity index (χ1) is 11.7. The van der Waals surface area contributed by atoms with Crippen LogP contribution in [0, 0.1) is 5.21 Å². The lowest BCUT2D eigenvalue weighted by Crippen LogP contribution is -1.96. The maximum Gasteiger partial charge on any atom is 0.245 e. The fraction of sp³-hybridized carbons (Fsp3) is 0.368. The van der Waals surface area contributed by atoms with E-state index in [0.29, 0.717) is 29.4 Å². The van der Waals surface area contributed by atoms with Gasteiger partial charge < -0.3 is 14.7 Å². The molecule has 0 heterocycles. The van der Waals surface area contributed by atoms with E-state index in [1.165, 1.54) is 0 Å². The highest BCUT2D eigenvalue weighted by atomic mass is 16.5. The van der Waals surface area contributed by atoms with E-state index in [1.807, 2.05) is 19.1 Å². The van der Waals surface area contributed by atoms with Crippen molar-refractivity contribution in [2.45, 2.75) is 33.1 Å². The van der Waals surface area contributed by atoms with Crippen LogP contribution in [0.2, 0.25) is 0 Å². The Morgan fingerprint density at radius 3 is 2.00 bits per heavy atom. The highest BCUT2D eigenvalue weighted by molar-refractivity contribution is 5.41. The Labute approximate surface area is 143 Å². The van der Waals surface area contributed by atoms with E-state index in [2.05, 4.69) is 12.0 Å². The molecule has 2 rings (SSSR count). The van der Waals surface area contributed by atoms with Gasteiger partial charge in [0.05, 0.1) is 13.2 Å². The van der Waals surface area contributed by atoms with E-state index in [1.54, 1.807) is 36.4 Å². The summed E-state index contributed by atoms with van der Waals surface area (Å²) in [4.78, 5) is 0.608. The molecule has 0 N–H and O–H groups in total. The van der Waals surface area contributed by atoms with Gasteiger partial charge in [-0.3, -0.25) is 0 Å². The van der Waals surface area contributed by atoms with Gasteiger partial charge in [-0.15, -0.1) is 0 Å². The second-order valence-electron chi connectivity index (χ2n) is 5.41. The Balaban J connectivity index is 1.99. The highest BCUT2D eigenvalue weighted by Gasteiger charge is 2.05. The number of azo groups is 1. The zero-order valence-electron chi connectivity index (χ0n) is 14.3. The van der Waals surface area contributed by atoms with E-state index in [4.69, 9.17) is 9.47 Å². The normalized spacial score (nSPS) is 11.3. The Kier molecular flexibility index (Phi) is 7.08. The van der Waals surface area contributed by atoms with Crippen LogP contribution < -0.4 is 9.47 Å². The third-order valence-corrected chi connectivity index (χ3v) is 3.34. The van der Waals surface area contributed by atoms with E-state index in [-0.39, 0.29) is 0 Å². The fourth-order valence-electron chi connectivity index (χ4n) is 2.00. The second kappa shape index (κ2) is 9.55. The standard InChI is InChI=1S/C19H24N2O3/c1-3-5-15-24-18-10-6-16(7-11-18)20-21(22)17-8-12-19(13-9-17)23-14-4-2/h6-13H,3-5,14-15H2,1-2H3. The quantitative estimate of drug-likeness (QED) is 0.261. The maximum atomic E-state index is 12.1. The second-order valence-corrected chi connectivity index (χ2v) is 5.41. The molecule has 0 aliphatic heterocycles. The molecule has 0 radical (unpaired) electrons. The summed E-state index contributed by atoms with van der Waals surface area (Å²) >= 11 is 0. The molecule has 0 amide bonds. The Hall–Kier alpha value is -2.56. The zero-order valence-corrected chi connectivity index (χ0v) is 14.3. The van der Waals surface area contributed by atoms with Gasteiger partial charge in [0.2, 0.25) is 5.69 Å². The topological polar surface area (TPSA) is 56.9 Å². The minimum atomic E-state index is 0.460. The average molecular weight is 328 g/mol. The summed E-state index contributed by atoms with van der Waals surface area (Å²) in [5, 5.41) is 16.2. The van der Waals surface area contributed by atoms with Gasteiger partial charge in [-0.2, -0.15) is 0 Å². The molecule has 0 saturated heterocycles. The van der Waals surface area contributed by atoms with Crippen LogP contribution in [-0.4, -0.2) is 18.1 Å². The largest absolute Gasteiger partial charge is 0.594 e. The first-order valence-electron chi connectivity index (χ1n) is 8.37. The summed E-state index contributed by atoms with van der Waals surface area (Å²) in [6, 6.07) is 14.1. The van der Waals surface area contributed by atoms with Gasteiger partial charge >= 0.3 is 0 Å². The first kappa shape index (κ1) is 17.8. The van der Waals surface area contributed by atoms with Gasteiger partial charge in [0.15, 0.2) is 0 Å². The Morgan fingerprint density at radius 2 is 1.42 bits per heavy atom. The van der Waals surface area contributed by atoms with Crippen molar-refractivity contribution in [2.24, 2.45) is 5.11 Å². The monoisotopic (exact) mass is 328 g/mol. The predicted octanol–water partition coefficient (Wildman–Crippen LogP) is 5.58. The lowest BCUT2D eigenvalue weighted by atomic mass is 10.3.